The second-order valence-electron chi connectivity index (χ2n) is 5.24. The van der Waals surface area contributed by atoms with Gasteiger partial charge in [0.2, 0.25) is 5.91 Å². The summed E-state index contributed by atoms with van der Waals surface area (Å²) in [6.07, 6.45) is 2.55. The van der Waals surface area contributed by atoms with Crippen LogP contribution in [0.4, 0.5) is 5.82 Å². The zero-order valence-corrected chi connectivity index (χ0v) is 13.3. The molecule has 1 aromatic carbocycles. The number of thioether (sulfide) groups is 1. The molecule has 1 aromatic heterocycles. The normalized spacial score (nSPS) is 17.5. The van der Waals surface area contributed by atoms with Crippen LogP contribution in [0.2, 0.25) is 0 Å². The van der Waals surface area contributed by atoms with Crippen LogP contribution >= 0.6 is 11.8 Å². The maximum absolute atomic E-state index is 12.0. The van der Waals surface area contributed by atoms with E-state index in [-0.39, 0.29) is 11.8 Å². The van der Waals surface area contributed by atoms with Crippen molar-refractivity contribution in [3.63, 3.8) is 0 Å². The highest BCUT2D eigenvalue weighted by molar-refractivity contribution is 7.98. The Labute approximate surface area is 128 Å². The van der Waals surface area contributed by atoms with E-state index in [2.05, 4.69) is 54.8 Å². The van der Waals surface area contributed by atoms with Crippen LogP contribution in [0.3, 0.4) is 0 Å². The molecular weight excluding hydrogens is 282 g/mol. The summed E-state index contributed by atoms with van der Waals surface area (Å²) in [6.45, 7) is 4.96. The Morgan fingerprint density at radius 2 is 2.10 bits per heavy atom. The first kappa shape index (κ1) is 14.2. The van der Waals surface area contributed by atoms with E-state index in [1.807, 2.05) is 4.68 Å². The van der Waals surface area contributed by atoms with Gasteiger partial charge in [-0.15, -0.1) is 11.8 Å². The van der Waals surface area contributed by atoms with Crippen molar-refractivity contribution < 1.29 is 4.79 Å². The summed E-state index contributed by atoms with van der Waals surface area (Å²) in [5.74, 6) is 0.872. The Hall–Kier alpha value is -1.75. The number of aromatic nitrogens is 2. The van der Waals surface area contributed by atoms with Crippen molar-refractivity contribution in [2.45, 2.75) is 37.6 Å². The first-order valence-electron chi connectivity index (χ1n) is 7.15. The molecule has 3 rings (SSSR count). The summed E-state index contributed by atoms with van der Waals surface area (Å²) in [4.78, 5) is 13.2. The maximum Gasteiger partial charge on any atom is 0.226 e. The standard InChI is InChI=1S/C16H19N3OS/c1-4-19-10(2)15-13(9-14(20)17-16(15)18-19)11-5-7-12(21-3)8-6-11/h5-8,13H,4,9H2,1-3H3,(H,17,18,20). The maximum atomic E-state index is 12.0. The van der Waals surface area contributed by atoms with E-state index in [4.69, 9.17) is 0 Å². The topological polar surface area (TPSA) is 46.9 Å². The van der Waals surface area contributed by atoms with E-state index in [0.29, 0.717) is 6.42 Å². The lowest BCUT2D eigenvalue weighted by Gasteiger charge is -2.23. The molecule has 0 saturated carbocycles. The zero-order valence-electron chi connectivity index (χ0n) is 12.5. The molecule has 0 radical (unpaired) electrons. The number of amides is 1. The van der Waals surface area contributed by atoms with E-state index in [1.165, 1.54) is 10.5 Å². The lowest BCUT2D eigenvalue weighted by molar-refractivity contribution is -0.116. The Balaban J connectivity index is 2.07. The smallest absolute Gasteiger partial charge is 0.226 e. The number of rotatable bonds is 3. The fraction of sp³-hybridized carbons (Fsp3) is 0.375. The Morgan fingerprint density at radius 1 is 1.38 bits per heavy atom. The molecule has 0 spiro atoms. The summed E-state index contributed by atoms with van der Waals surface area (Å²) < 4.78 is 1.96. The summed E-state index contributed by atoms with van der Waals surface area (Å²) in [5, 5.41) is 7.41. The summed E-state index contributed by atoms with van der Waals surface area (Å²) in [6, 6.07) is 8.49. The molecule has 5 heteroatoms. The van der Waals surface area contributed by atoms with Crippen LogP contribution in [0.15, 0.2) is 29.2 Å². The van der Waals surface area contributed by atoms with Gasteiger partial charge in [0.15, 0.2) is 5.82 Å². The minimum atomic E-state index is 0.0437. The third-order valence-electron chi connectivity index (χ3n) is 4.07. The Bertz CT molecular complexity index is 676. The van der Waals surface area contributed by atoms with Gasteiger partial charge in [-0.25, -0.2) is 0 Å². The molecule has 2 heterocycles. The molecule has 1 unspecified atom stereocenters. The molecule has 0 aliphatic carbocycles. The van der Waals surface area contributed by atoms with Crippen LogP contribution in [-0.2, 0) is 11.3 Å². The molecule has 21 heavy (non-hydrogen) atoms. The van der Waals surface area contributed by atoms with Crippen molar-refractivity contribution in [3.05, 3.63) is 41.1 Å². The summed E-state index contributed by atoms with van der Waals surface area (Å²) in [5.41, 5.74) is 3.49. The number of aryl methyl sites for hydroxylation is 1. The third kappa shape index (κ3) is 2.46. The van der Waals surface area contributed by atoms with Gasteiger partial charge in [-0.2, -0.15) is 5.10 Å². The van der Waals surface area contributed by atoms with Crippen LogP contribution in [-0.4, -0.2) is 21.9 Å². The van der Waals surface area contributed by atoms with Crippen molar-refractivity contribution in [2.24, 2.45) is 0 Å². The van der Waals surface area contributed by atoms with Gasteiger partial charge in [0, 0.05) is 35.0 Å². The third-order valence-corrected chi connectivity index (χ3v) is 4.81. The van der Waals surface area contributed by atoms with Gasteiger partial charge in [0.05, 0.1) is 0 Å². The number of nitrogens with zero attached hydrogens (tertiary/aromatic N) is 2. The monoisotopic (exact) mass is 301 g/mol. The van der Waals surface area contributed by atoms with Crippen molar-refractivity contribution >= 4 is 23.5 Å². The van der Waals surface area contributed by atoms with Gasteiger partial charge in [-0.3, -0.25) is 9.48 Å². The molecule has 1 aliphatic rings. The molecule has 1 amide bonds. The number of benzene rings is 1. The van der Waals surface area contributed by atoms with Crippen molar-refractivity contribution in [3.8, 4) is 0 Å². The predicted octanol–water partition coefficient (Wildman–Crippen LogP) is 3.41. The molecular formula is C16H19N3OS. The number of nitrogens with one attached hydrogen (secondary N) is 1. The SMILES string of the molecule is CCn1nc2c(c1C)C(c1ccc(SC)cc1)CC(=O)N2. The molecule has 4 nitrogen and oxygen atoms in total. The lowest BCUT2D eigenvalue weighted by atomic mass is 9.86. The van der Waals surface area contributed by atoms with E-state index in [0.717, 1.165) is 23.6 Å². The van der Waals surface area contributed by atoms with Crippen LogP contribution in [0.1, 0.15) is 36.1 Å². The number of anilines is 1. The summed E-state index contributed by atoms with van der Waals surface area (Å²) >= 11 is 1.73. The number of carbonyl (C=O) groups excluding carboxylic acids is 1. The minimum Gasteiger partial charge on any atom is -0.309 e. The van der Waals surface area contributed by atoms with E-state index < -0.39 is 0 Å². The van der Waals surface area contributed by atoms with E-state index in [9.17, 15) is 4.79 Å². The van der Waals surface area contributed by atoms with Crippen LogP contribution in [0.5, 0.6) is 0 Å². The number of hydrogen-bond donors (Lipinski definition) is 1. The minimum absolute atomic E-state index is 0.0437. The Morgan fingerprint density at radius 3 is 2.71 bits per heavy atom. The largest absolute Gasteiger partial charge is 0.309 e. The zero-order chi connectivity index (χ0) is 15.0. The van der Waals surface area contributed by atoms with Crippen LogP contribution in [0, 0.1) is 6.92 Å². The first-order valence-corrected chi connectivity index (χ1v) is 8.37. The fourth-order valence-electron chi connectivity index (χ4n) is 2.97. The van der Waals surface area contributed by atoms with Crippen LogP contribution < -0.4 is 5.32 Å². The van der Waals surface area contributed by atoms with Crippen molar-refractivity contribution in [2.75, 3.05) is 11.6 Å². The predicted molar refractivity (Wildman–Crippen MR) is 86.0 cm³/mol. The van der Waals surface area contributed by atoms with Gasteiger partial charge >= 0.3 is 0 Å². The molecule has 0 bridgehead atoms. The highest BCUT2D eigenvalue weighted by Gasteiger charge is 2.31. The highest BCUT2D eigenvalue weighted by Crippen LogP contribution is 2.39. The molecule has 110 valence electrons. The first-order chi connectivity index (χ1) is 10.1. The van der Waals surface area contributed by atoms with E-state index in [1.54, 1.807) is 11.8 Å². The van der Waals surface area contributed by atoms with Gasteiger partial charge < -0.3 is 5.32 Å². The highest BCUT2D eigenvalue weighted by atomic mass is 32.2. The van der Waals surface area contributed by atoms with E-state index >= 15 is 0 Å². The second kappa shape index (κ2) is 5.56. The molecule has 0 fully saturated rings. The quantitative estimate of drug-likeness (QED) is 0.884. The second-order valence-corrected chi connectivity index (χ2v) is 6.12. The van der Waals surface area contributed by atoms with Gasteiger partial charge in [0.25, 0.3) is 0 Å². The average Bonchev–Trinajstić information content (AvgIpc) is 2.82. The van der Waals surface area contributed by atoms with Gasteiger partial charge in [-0.05, 0) is 37.8 Å². The molecule has 2 aromatic rings. The number of carbonyl (C=O) groups is 1. The lowest BCUT2D eigenvalue weighted by Crippen LogP contribution is -2.23. The van der Waals surface area contributed by atoms with Gasteiger partial charge in [-0.1, -0.05) is 12.1 Å². The molecule has 1 N–H and O–H groups in total. The molecule has 1 aliphatic heterocycles. The fourth-order valence-corrected chi connectivity index (χ4v) is 3.38. The molecule has 0 saturated heterocycles. The number of hydrogen-bond acceptors (Lipinski definition) is 3. The van der Waals surface area contributed by atoms with Crippen molar-refractivity contribution in [1.82, 2.24) is 9.78 Å². The summed E-state index contributed by atoms with van der Waals surface area (Å²) in [7, 11) is 0. The number of fused-ring (bicyclic) bond motifs is 1. The Kier molecular flexibility index (Phi) is 3.76. The molecule has 1 atom stereocenters. The average molecular weight is 301 g/mol. The van der Waals surface area contributed by atoms with Crippen molar-refractivity contribution in [1.29, 1.82) is 0 Å². The van der Waals surface area contributed by atoms with Crippen LogP contribution in [0.25, 0.3) is 0 Å². The van der Waals surface area contributed by atoms with Gasteiger partial charge in [0.1, 0.15) is 0 Å².